The smallest absolute Gasteiger partial charge is 0.178 e. The lowest BCUT2D eigenvalue weighted by molar-refractivity contribution is 0.646. The van der Waals surface area contributed by atoms with Gasteiger partial charge < -0.3 is 9.55 Å². The van der Waals surface area contributed by atoms with Gasteiger partial charge in [0, 0.05) is 12.4 Å². The Labute approximate surface area is 131 Å². The number of fused-ring (bicyclic) bond motifs is 1. The van der Waals surface area contributed by atoms with E-state index in [1.807, 2.05) is 29.0 Å². The fourth-order valence-electron chi connectivity index (χ4n) is 2.28. The molecule has 3 aromatic rings. The lowest BCUT2D eigenvalue weighted by atomic mass is 10.1. The van der Waals surface area contributed by atoms with Crippen molar-refractivity contribution in [3.63, 3.8) is 0 Å². The molecule has 2 heterocycles. The van der Waals surface area contributed by atoms with Gasteiger partial charge in [-0.3, -0.25) is 4.98 Å². The van der Waals surface area contributed by atoms with Gasteiger partial charge in [-0.25, -0.2) is 0 Å². The second kappa shape index (κ2) is 5.20. The van der Waals surface area contributed by atoms with Gasteiger partial charge >= 0.3 is 0 Å². The highest BCUT2D eigenvalue weighted by Crippen LogP contribution is 2.30. The first-order valence-corrected chi connectivity index (χ1v) is 7.23. The molecular formula is C14H11Cl2N3S. The molecule has 1 N–H and O–H groups in total. The molecule has 1 atom stereocenters. The zero-order valence-corrected chi connectivity index (χ0v) is 12.9. The number of H-pyrrole nitrogens is 1. The molecule has 1 unspecified atom stereocenters. The third kappa shape index (κ3) is 2.24. The van der Waals surface area contributed by atoms with Gasteiger partial charge in [-0.05, 0) is 42.9 Å². The second-order valence-electron chi connectivity index (χ2n) is 4.55. The topological polar surface area (TPSA) is 33.6 Å². The van der Waals surface area contributed by atoms with Crippen LogP contribution in [0.5, 0.6) is 0 Å². The molecule has 1 aromatic carbocycles. The number of aromatic nitrogens is 3. The van der Waals surface area contributed by atoms with Crippen LogP contribution >= 0.6 is 35.4 Å². The second-order valence-corrected chi connectivity index (χ2v) is 5.75. The Morgan fingerprint density at radius 2 is 2.05 bits per heavy atom. The quantitative estimate of drug-likeness (QED) is 0.672. The molecule has 0 aliphatic rings. The number of nitrogens with zero attached hydrogens (tertiary/aromatic N) is 2. The molecule has 2 aromatic heterocycles. The summed E-state index contributed by atoms with van der Waals surface area (Å²) in [6.45, 7) is 2.07. The van der Waals surface area contributed by atoms with Crippen LogP contribution in [0.2, 0.25) is 10.0 Å². The van der Waals surface area contributed by atoms with Gasteiger partial charge in [0.25, 0.3) is 0 Å². The van der Waals surface area contributed by atoms with E-state index in [2.05, 4.69) is 16.9 Å². The highest BCUT2D eigenvalue weighted by Gasteiger charge is 2.14. The third-order valence-corrected chi connectivity index (χ3v) is 4.33. The fraction of sp³-hybridized carbons (Fsp3) is 0.143. The normalized spacial score (nSPS) is 12.8. The monoisotopic (exact) mass is 323 g/mol. The molecular weight excluding hydrogens is 313 g/mol. The summed E-state index contributed by atoms with van der Waals surface area (Å²) in [6, 6.07) is 7.62. The van der Waals surface area contributed by atoms with E-state index in [9.17, 15) is 0 Å². The first kappa shape index (κ1) is 13.6. The van der Waals surface area contributed by atoms with Crippen LogP contribution in [0.4, 0.5) is 0 Å². The molecule has 0 saturated carbocycles. The van der Waals surface area contributed by atoms with Crippen LogP contribution in [0.3, 0.4) is 0 Å². The Morgan fingerprint density at radius 1 is 1.30 bits per heavy atom. The summed E-state index contributed by atoms with van der Waals surface area (Å²) in [7, 11) is 0. The van der Waals surface area contributed by atoms with Crippen molar-refractivity contribution in [3.8, 4) is 0 Å². The van der Waals surface area contributed by atoms with Gasteiger partial charge in [0.15, 0.2) is 4.77 Å². The predicted molar refractivity (Wildman–Crippen MR) is 85.2 cm³/mol. The highest BCUT2D eigenvalue weighted by atomic mass is 35.5. The minimum absolute atomic E-state index is 0.0576. The molecule has 0 saturated heterocycles. The van der Waals surface area contributed by atoms with Crippen LogP contribution in [-0.2, 0) is 0 Å². The Bertz CT molecular complexity index is 824. The number of hydrogen-bond acceptors (Lipinski definition) is 2. The summed E-state index contributed by atoms with van der Waals surface area (Å²) in [5.74, 6) is 0. The van der Waals surface area contributed by atoms with Crippen LogP contribution in [0, 0.1) is 4.77 Å². The molecule has 3 nitrogen and oxygen atoms in total. The van der Waals surface area contributed by atoms with Crippen LogP contribution in [0.15, 0.2) is 36.7 Å². The number of pyridine rings is 1. The maximum atomic E-state index is 6.11. The Kier molecular flexibility index (Phi) is 3.54. The lowest BCUT2D eigenvalue weighted by Crippen LogP contribution is -2.07. The van der Waals surface area contributed by atoms with Gasteiger partial charge in [-0.1, -0.05) is 29.3 Å². The largest absolute Gasteiger partial charge is 0.331 e. The van der Waals surface area contributed by atoms with Crippen LogP contribution < -0.4 is 0 Å². The summed E-state index contributed by atoms with van der Waals surface area (Å²) in [6.07, 6.45) is 3.59. The average Bonchev–Trinajstić information content (AvgIpc) is 2.75. The van der Waals surface area contributed by atoms with E-state index in [1.54, 1.807) is 12.3 Å². The van der Waals surface area contributed by atoms with Gasteiger partial charge in [-0.2, -0.15) is 0 Å². The number of rotatable bonds is 2. The summed E-state index contributed by atoms with van der Waals surface area (Å²) in [5, 5.41) is 1.02. The molecule has 0 spiro atoms. The maximum Gasteiger partial charge on any atom is 0.178 e. The molecule has 102 valence electrons. The molecule has 0 aliphatic heterocycles. The van der Waals surface area contributed by atoms with Crippen molar-refractivity contribution in [1.82, 2.24) is 14.5 Å². The minimum atomic E-state index is 0.0576. The zero-order valence-electron chi connectivity index (χ0n) is 10.6. The molecule has 0 fully saturated rings. The van der Waals surface area contributed by atoms with Crippen molar-refractivity contribution in [2.75, 3.05) is 0 Å². The Morgan fingerprint density at radius 3 is 2.75 bits per heavy atom. The van der Waals surface area contributed by atoms with Gasteiger partial charge in [-0.15, -0.1) is 0 Å². The van der Waals surface area contributed by atoms with Crippen molar-refractivity contribution < 1.29 is 0 Å². The van der Waals surface area contributed by atoms with E-state index in [1.165, 1.54) is 0 Å². The molecule has 0 aliphatic carbocycles. The van der Waals surface area contributed by atoms with Crippen LogP contribution in [0.25, 0.3) is 11.0 Å². The number of nitrogens with one attached hydrogen (secondary N) is 1. The number of benzene rings is 1. The highest BCUT2D eigenvalue weighted by molar-refractivity contribution is 7.71. The molecule has 0 bridgehead atoms. The maximum absolute atomic E-state index is 6.11. The average molecular weight is 324 g/mol. The van der Waals surface area contributed by atoms with E-state index in [4.69, 9.17) is 35.4 Å². The van der Waals surface area contributed by atoms with Crippen molar-refractivity contribution in [2.24, 2.45) is 0 Å². The minimum Gasteiger partial charge on any atom is -0.331 e. The van der Waals surface area contributed by atoms with Gasteiger partial charge in [0.05, 0.1) is 27.1 Å². The standard InChI is InChI=1S/C14H11Cl2N3S/c1-8(9-3-2-4-17-7-9)19-13-6-11(16)10(15)5-12(13)18-14(19)20/h2-8H,1H3,(H,18,20). The summed E-state index contributed by atoms with van der Waals surface area (Å²) in [4.78, 5) is 7.31. The fourth-order valence-corrected chi connectivity index (χ4v) is 2.97. The summed E-state index contributed by atoms with van der Waals surface area (Å²) < 4.78 is 2.65. The Balaban J connectivity index is 2.24. The van der Waals surface area contributed by atoms with E-state index >= 15 is 0 Å². The van der Waals surface area contributed by atoms with E-state index in [0.29, 0.717) is 14.8 Å². The number of aromatic amines is 1. The van der Waals surface area contributed by atoms with Crippen molar-refractivity contribution >= 4 is 46.5 Å². The van der Waals surface area contributed by atoms with Crippen LogP contribution in [0.1, 0.15) is 18.5 Å². The van der Waals surface area contributed by atoms with Gasteiger partial charge in [0.1, 0.15) is 0 Å². The molecule has 6 heteroatoms. The number of imidazole rings is 1. The SMILES string of the molecule is CC(c1cccnc1)n1c(=S)[nH]c2cc(Cl)c(Cl)cc21. The van der Waals surface area contributed by atoms with Gasteiger partial charge in [0.2, 0.25) is 0 Å². The predicted octanol–water partition coefficient (Wildman–Crippen LogP) is 5.01. The van der Waals surface area contributed by atoms with E-state index in [-0.39, 0.29) is 6.04 Å². The number of hydrogen-bond donors (Lipinski definition) is 1. The molecule has 20 heavy (non-hydrogen) atoms. The molecule has 3 rings (SSSR count). The lowest BCUT2D eigenvalue weighted by Gasteiger charge is -2.14. The summed E-state index contributed by atoms with van der Waals surface area (Å²) in [5.41, 5.74) is 2.89. The number of halogens is 2. The van der Waals surface area contributed by atoms with Crippen LogP contribution in [-0.4, -0.2) is 14.5 Å². The van der Waals surface area contributed by atoms with E-state index in [0.717, 1.165) is 16.6 Å². The first-order chi connectivity index (χ1) is 9.58. The first-order valence-electron chi connectivity index (χ1n) is 6.07. The molecule has 0 radical (unpaired) electrons. The summed E-state index contributed by atoms with van der Waals surface area (Å²) >= 11 is 17.6. The van der Waals surface area contributed by atoms with Crippen molar-refractivity contribution in [1.29, 1.82) is 0 Å². The third-order valence-electron chi connectivity index (χ3n) is 3.31. The van der Waals surface area contributed by atoms with Crippen molar-refractivity contribution in [3.05, 3.63) is 57.0 Å². The van der Waals surface area contributed by atoms with Crippen molar-refractivity contribution in [2.45, 2.75) is 13.0 Å². The van der Waals surface area contributed by atoms with E-state index < -0.39 is 0 Å². The zero-order chi connectivity index (χ0) is 14.3. The molecule has 0 amide bonds. The Hall–Kier alpha value is -1.36.